The maximum absolute atomic E-state index is 5.62. The highest BCUT2D eigenvalue weighted by Crippen LogP contribution is 2.19. The Kier molecular flexibility index (Phi) is 5.59. The molecule has 0 spiro atoms. The van der Waals surface area contributed by atoms with Crippen molar-refractivity contribution in [1.29, 1.82) is 0 Å². The Balaban J connectivity index is 3.17. The van der Waals surface area contributed by atoms with Crippen molar-refractivity contribution in [3.05, 3.63) is 0 Å². The van der Waals surface area contributed by atoms with Gasteiger partial charge in [-0.1, -0.05) is 6.92 Å². The van der Waals surface area contributed by atoms with Crippen LogP contribution in [0.25, 0.3) is 0 Å². The van der Waals surface area contributed by atoms with E-state index in [1.54, 1.807) is 0 Å². The van der Waals surface area contributed by atoms with E-state index in [1.807, 2.05) is 6.92 Å². The molecular formula is C4H8Cl3Si. The van der Waals surface area contributed by atoms with Crippen LogP contribution in [0.1, 0.15) is 13.3 Å². The number of rotatable bonds is 3. The van der Waals surface area contributed by atoms with Crippen molar-refractivity contribution < 1.29 is 0 Å². The maximum atomic E-state index is 5.62. The summed E-state index contributed by atoms with van der Waals surface area (Å²) < 4.78 is 0. The summed E-state index contributed by atoms with van der Waals surface area (Å²) in [4.78, 5) is 0. The standard InChI is InChI=1S/C4H8Cl3Si/c1-4(2-3-5)8(6)7/h4H,2-3H2,1H3. The van der Waals surface area contributed by atoms with Gasteiger partial charge >= 0.3 is 0 Å². The first-order chi connectivity index (χ1) is 3.68. The second kappa shape index (κ2) is 4.92. The number of hydrogen-bond donors (Lipinski definition) is 0. The van der Waals surface area contributed by atoms with E-state index in [1.165, 1.54) is 0 Å². The average molecular weight is 191 g/mol. The maximum Gasteiger partial charge on any atom is 0.276 e. The first kappa shape index (κ1) is 9.09. The van der Waals surface area contributed by atoms with Crippen LogP contribution in [-0.4, -0.2) is 13.3 Å². The Hall–Kier alpha value is 1.09. The van der Waals surface area contributed by atoms with E-state index in [0.29, 0.717) is 11.4 Å². The fourth-order valence-corrected chi connectivity index (χ4v) is 1.80. The molecule has 8 heavy (non-hydrogen) atoms. The number of alkyl halides is 1. The molecule has 0 N–H and O–H groups in total. The van der Waals surface area contributed by atoms with Crippen molar-refractivity contribution in [2.75, 3.05) is 5.88 Å². The fourth-order valence-electron chi connectivity index (χ4n) is 0.273. The second-order valence-corrected chi connectivity index (χ2v) is 6.63. The molecule has 0 aliphatic rings. The lowest BCUT2D eigenvalue weighted by Crippen LogP contribution is -2.02. The normalized spacial score (nSPS) is 14.6. The Morgan fingerprint density at radius 2 is 2.00 bits per heavy atom. The minimum Gasteiger partial charge on any atom is -0.146 e. The van der Waals surface area contributed by atoms with Crippen LogP contribution in [0.15, 0.2) is 0 Å². The van der Waals surface area contributed by atoms with Gasteiger partial charge in [-0.25, -0.2) is 0 Å². The van der Waals surface area contributed by atoms with E-state index in [9.17, 15) is 0 Å². The topological polar surface area (TPSA) is 0 Å². The van der Waals surface area contributed by atoms with Gasteiger partial charge in [0.1, 0.15) is 0 Å². The highest BCUT2D eigenvalue weighted by molar-refractivity contribution is 7.34. The van der Waals surface area contributed by atoms with E-state index < -0.39 is 7.42 Å². The molecule has 1 atom stereocenters. The van der Waals surface area contributed by atoms with Gasteiger partial charge in [0.25, 0.3) is 7.42 Å². The summed E-state index contributed by atoms with van der Waals surface area (Å²) in [5.41, 5.74) is 0.417. The molecule has 0 bridgehead atoms. The highest BCUT2D eigenvalue weighted by atomic mass is 35.7. The van der Waals surface area contributed by atoms with Crippen molar-refractivity contribution in [3.8, 4) is 0 Å². The summed E-state index contributed by atoms with van der Waals surface area (Å²) >= 11 is 16.7. The zero-order valence-electron chi connectivity index (χ0n) is 4.63. The lowest BCUT2D eigenvalue weighted by atomic mass is 10.4. The van der Waals surface area contributed by atoms with Crippen LogP contribution >= 0.6 is 33.8 Å². The Morgan fingerprint density at radius 3 is 2.12 bits per heavy atom. The third-order valence-electron chi connectivity index (χ3n) is 0.915. The highest BCUT2D eigenvalue weighted by Gasteiger charge is 2.12. The van der Waals surface area contributed by atoms with Gasteiger partial charge in [0.15, 0.2) is 0 Å². The molecule has 0 heterocycles. The quantitative estimate of drug-likeness (QED) is 0.365. The molecule has 0 rings (SSSR count). The summed E-state index contributed by atoms with van der Waals surface area (Å²) in [5, 5.41) is 0. The smallest absolute Gasteiger partial charge is 0.146 e. The predicted octanol–water partition coefficient (Wildman–Crippen LogP) is 2.97. The predicted molar refractivity (Wildman–Crippen MR) is 42.2 cm³/mol. The third-order valence-corrected chi connectivity index (χ3v) is 4.40. The summed E-state index contributed by atoms with van der Waals surface area (Å²) in [7, 11) is -1.11. The molecule has 0 nitrogen and oxygen atoms in total. The van der Waals surface area contributed by atoms with Crippen molar-refractivity contribution in [1.82, 2.24) is 0 Å². The minimum absolute atomic E-state index is 0.417. The minimum atomic E-state index is -1.11. The number of halogens is 3. The van der Waals surface area contributed by atoms with Gasteiger partial charge in [-0.3, -0.25) is 0 Å². The summed E-state index contributed by atoms with van der Waals surface area (Å²) in [5.74, 6) is 0.661. The summed E-state index contributed by atoms with van der Waals surface area (Å²) in [6.07, 6.45) is 0.933. The molecule has 4 heteroatoms. The van der Waals surface area contributed by atoms with Crippen LogP contribution in [0.3, 0.4) is 0 Å². The van der Waals surface area contributed by atoms with E-state index in [4.69, 9.17) is 33.8 Å². The second-order valence-electron chi connectivity index (χ2n) is 1.67. The molecule has 0 aromatic rings. The monoisotopic (exact) mass is 189 g/mol. The first-order valence-corrected chi connectivity index (χ1v) is 6.56. The van der Waals surface area contributed by atoms with Crippen LogP contribution in [0.5, 0.6) is 0 Å². The lowest BCUT2D eigenvalue weighted by molar-refractivity contribution is 0.880. The average Bonchev–Trinajstić information content (AvgIpc) is 1.67. The Morgan fingerprint density at radius 1 is 1.50 bits per heavy atom. The third kappa shape index (κ3) is 4.01. The molecule has 0 saturated carbocycles. The van der Waals surface area contributed by atoms with Crippen LogP contribution < -0.4 is 0 Å². The van der Waals surface area contributed by atoms with Crippen LogP contribution in [-0.2, 0) is 0 Å². The van der Waals surface area contributed by atoms with Gasteiger partial charge in [0.2, 0.25) is 0 Å². The summed E-state index contributed by atoms with van der Waals surface area (Å²) in [6, 6.07) is 0. The SMILES string of the molecule is CC(CCCl)[Si](Cl)Cl. The van der Waals surface area contributed by atoms with Crippen molar-refractivity contribution in [2.24, 2.45) is 0 Å². The molecule has 0 aromatic carbocycles. The van der Waals surface area contributed by atoms with Gasteiger partial charge in [-0.05, 0) is 12.0 Å². The zero-order valence-corrected chi connectivity index (χ0v) is 7.89. The first-order valence-electron chi connectivity index (χ1n) is 2.42. The molecule has 0 fully saturated rings. The van der Waals surface area contributed by atoms with Gasteiger partial charge in [-0.15, -0.1) is 33.8 Å². The van der Waals surface area contributed by atoms with Crippen molar-refractivity contribution in [2.45, 2.75) is 18.9 Å². The molecule has 49 valence electrons. The summed E-state index contributed by atoms with van der Waals surface area (Å²) in [6.45, 7) is 2.02. The molecule has 0 saturated heterocycles. The molecule has 1 unspecified atom stereocenters. The molecule has 0 aromatic heterocycles. The van der Waals surface area contributed by atoms with E-state index >= 15 is 0 Å². The molecular weight excluding hydrogens is 182 g/mol. The fraction of sp³-hybridized carbons (Fsp3) is 1.00. The van der Waals surface area contributed by atoms with Gasteiger partial charge < -0.3 is 0 Å². The van der Waals surface area contributed by atoms with Crippen molar-refractivity contribution >= 4 is 41.2 Å². The van der Waals surface area contributed by atoms with E-state index in [0.717, 1.165) is 6.42 Å². The molecule has 0 amide bonds. The Bertz CT molecular complexity index is 57.2. The zero-order chi connectivity index (χ0) is 6.57. The Labute approximate surface area is 66.1 Å². The van der Waals surface area contributed by atoms with Gasteiger partial charge in [-0.2, -0.15) is 0 Å². The van der Waals surface area contributed by atoms with Crippen molar-refractivity contribution in [3.63, 3.8) is 0 Å². The van der Waals surface area contributed by atoms with Gasteiger partial charge in [0, 0.05) is 5.88 Å². The van der Waals surface area contributed by atoms with Crippen LogP contribution in [0.4, 0.5) is 0 Å². The molecule has 0 aliphatic heterocycles. The van der Waals surface area contributed by atoms with Gasteiger partial charge in [0.05, 0.1) is 0 Å². The molecule has 1 radical (unpaired) electrons. The van der Waals surface area contributed by atoms with E-state index in [2.05, 4.69) is 0 Å². The van der Waals surface area contributed by atoms with E-state index in [-0.39, 0.29) is 0 Å². The number of hydrogen-bond acceptors (Lipinski definition) is 0. The molecule has 0 aliphatic carbocycles. The lowest BCUT2D eigenvalue weighted by Gasteiger charge is -2.05. The van der Waals surface area contributed by atoms with Crippen LogP contribution in [0, 0.1) is 0 Å². The van der Waals surface area contributed by atoms with Crippen LogP contribution in [0.2, 0.25) is 5.54 Å². The largest absolute Gasteiger partial charge is 0.276 e.